The third-order valence-corrected chi connectivity index (χ3v) is 14.0. The fourth-order valence-corrected chi connectivity index (χ4v) is 10.3. The molecular formula is C59H56F10O2. The van der Waals surface area contributed by atoms with Crippen LogP contribution in [0.1, 0.15) is 144 Å². The molecule has 8 rings (SSSR count). The first kappa shape index (κ1) is 52.7. The van der Waals surface area contributed by atoms with Crippen LogP contribution in [0.2, 0.25) is 0 Å². The van der Waals surface area contributed by atoms with Crippen molar-refractivity contribution in [3.8, 4) is 46.3 Å². The fraction of sp³-hybridized carbons (Fsp3) is 0.390. The minimum absolute atomic E-state index is 0.106. The van der Waals surface area contributed by atoms with Crippen molar-refractivity contribution in [2.75, 3.05) is 0 Å². The molecular weight excluding hydrogens is 931 g/mol. The van der Waals surface area contributed by atoms with E-state index >= 15 is 17.6 Å². The highest BCUT2D eigenvalue weighted by Crippen LogP contribution is 2.42. The van der Waals surface area contributed by atoms with Crippen molar-refractivity contribution in [1.29, 1.82) is 0 Å². The molecule has 0 aromatic heterocycles. The second-order valence-electron chi connectivity index (χ2n) is 18.8. The number of ether oxygens (including phenoxy) is 2. The van der Waals surface area contributed by atoms with E-state index in [2.05, 4.69) is 35.2 Å². The van der Waals surface area contributed by atoms with Crippen molar-refractivity contribution in [3.63, 3.8) is 0 Å². The van der Waals surface area contributed by atoms with Gasteiger partial charge in [0.15, 0.2) is 0 Å². The lowest BCUT2D eigenvalue weighted by Gasteiger charge is -2.29. The smallest absolute Gasteiger partial charge is 0.352 e. The molecule has 71 heavy (non-hydrogen) atoms. The average molecular weight is 987 g/mol. The molecule has 0 amide bonds. The number of unbranched alkanes of at least 4 members (excludes halogenated alkanes) is 3. The first-order chi connectivity index (χ1) is 34.0. The predicted octanol–water partition coefficient (Wildman–Crippen LogP) is 18.6. The van der Waals surface area contributed by atoms with Gasteiger partial charge in [0.1, 0.15) is 35.5 Å². The molecule has 0 unspecified atom stereocenters. The number of hydrogen-bond acceptors (Lipinski definition) is 2. The number of alkyl halides is 6. The van der Waals surface area contributed by atoms with E-state index in [4.69, 9.17) is 0 Å². The van der Waals surface area contributed by atoms with E-state index < -0.39 is 36.0 Å². The van der Waals surface area contributed by atoms with Crippen LogP contribution in [-0.4, -0.2) is 12.7 Å². The second-order valence-corrected chi connectivity index (χ2v) is 18.8. The summed E-state index contributed by atoms with van der Waals surface area (Å²) in [5.74, 6) is 4.03. The zero-order chi connectivity index (χ0) is 50.7. The van der Waals surface area contributed by atoms with Crippen molar-refractivity contribution < 1.29 is 53.4 Å². The van der Waals surface area contributed by atoms with Gasteiger partial charge in [-0.2, -0.15) is 0 Å². The fourth-order valence-electron chi connectivity index (χ4n) is 10.3. The highest BCUT2D eigenvalue weighted by molar-refractivity contribution is 5.93. The molecule has 0 N–H and O–H groups in total. The molecule has 2 nitrogen and oxygen atoms in total. The SMILES string of the molecule is CCCCC1CCC(c2cc(F)c(-c3ccc4c(C#COC(F)(F)F)cccc4c3)c(F)c2)CC1.CCCCCC1CCC(c2cc(F)c(-c3ccc4c(C#COC(F)(F)F)cccc4c3)c(F)c2)CC1. The summed E-state index contributed by atoms with van der Waals surface area (Å²) >= 11 is 0. The molecule has 6 aromatic rings. The average Bonchev–Trinajstić information content (AvgIpc) is 3.33. The summed E-state index contributed by atoms with van der Waals surface area (Å²) in [6.45, 7) is 4.39. The molecule has 374 valence electrons. The number of rotatable bonds is 11. The van der Waals surface area contributed by atoms with Crippen LogP contribution in [0, 0.1) is 59.2 Å². The lowest BCUT2D eigenvalue weighted by Crippen LogP contribution is -2.14. The molecule has 2 fully saturated rings. The van der Waals surface area contributed by atoms with Gasteiger partial charge in [-0.15, -0.1) is 26.3 Å². The van der Waals surface area contributed by atoms with Crippen molar-refractivity contribution in [2.24, 2.45) is 11.8 Å². The van der Waals surface area contributed by atoms with Crippen LogP contribution < -0.4 is 0 Å². The zero-order valence-corrected chi connectivity index (χ0v) is 39.7. The summed E-state index contributed by atoms with van der Waals surface area (Å²) < 4.78 is 141. The summed E-state index contributed by atoms with van der Waals surface area (Å²) in [4.78, 5) is 0. The maximum absolute atomic E-state index is 15.2. The molecule has 0 spiro atoms. The largest absolute Gasteiger partial charge is 0.581 e. The summed E-state index contributed by atoms with van der Waals surface area (Å²) in [7, 11) is 0. The van der Waals surface area contributed by atoms with Crippen molar-refractivity contribution in [3.05, 3.63) is 143 Å². The van der Waals surface area contributed by atoms with Crippen LogP contribution in [0.3, 0.4) is 0 Å². The van der Waals surface area contributed by atoms with E-state index in [1.54, 1.807) is 85.0 Å². The third kappa shape index (κ3) is 14.3. The molecule has 6 aromatic carbocycles. The molecule has 0 aliphatic heterocycles. The number of halogens is 10. The maximum Gasteiger partial charge on any atom is 0.581 e. The number of fused-ring (bicyclic) bond motifs is 2. The Balaban J connectivity index is 0.000000209. The third-order valence-electron chi connectivity index (χ3n) is 14.0. The van der Waals surface area contributed by atoms with Crippen molar-refractivity contribution in [1.82, 2.24) is 0 Å². The van der Waals surface area contributed by atoms with Gasteiger partial charge in [-0.1, -0.05) is 107 Å². The Morgan fingerprint density at radius 3 is 1.21 bits per heavy atom. The first-order valence-corrected chi connectivity index (χ1v) is 24.6. The second kappa shape index (κ2) is 23.8. The Hall–Kier alpha value is -6.14. The highest BCUT2D eigenvalue weighted by Gasteiger charge is 2.31. The first-order valence-electron chi connectivity index (χ1n) is 24.6. The van der Waals surface area contributed by atoms with Crippen molar-refractivity contribution in [2.45, 2.75) is 135 Å². The lowest BCUT2D eigenvalue weighted by atomic mass is 9.76. The van der Waals surface area contributed by atoms with Gasteiger partial charge in [0, 0.05) is 11.1 Å². The van der Waals surface area contributed by atoms with E-state index in [-0.39, 0.29) is 23.0 Å². The van der Waals surface area contributed by atoms with E-state index in [0.29, 0.717) is 66.8 Å². The molecule has 0 bridgehead atoms. The molecule has 12 heteroatoms. The van der Waals surface area contributed by atoms with Crippen LogP contribution in [0.5, 0.6) is 0 Å². The summed E-state index contributed by atoms with van der Waals surface area (Å²) in [5, 5.41) is 2.34. The molecule has 2 aliphatic carbocycles. The van der Waals surface area contributed by atoms with Gasteiger partial charge in [0.25, 0.3) is 0 Å². The number of hydrogen-bond donors (Lipinski definition) is 0. The Morgan fingerprint density at radius 1 is 0.465 bits per heavy atom. The van der Waals surface area contributed by atoms with E-state index in [9.17, 15) is 26.3 Å². The number of benzene rings is 6. The van der Waals surface area contributed by atoms with Gasteiger partial charge in [-0.05, 0) is 179 Å². The normalized spacial score (nSPS) is 18.1. The Morgan fingerprint density at radius 2 is 0.845 bits per heavy atom. The Labute approximate surface area is 409 Å². The van der Waals surface area contributed by atoms with Gasteiger partial charge in [0.05, 0.1) is 11.1 Å². The molecule has 0 radical (unpaired) electrons. The molecule has 0 saturated heterocycles. The van der Waals surface area contributed by atoms with E-state index in [1.165, 1.54) is 69.2 Å². The molecule has 0 atom stereocenters. The molecule has 2 aliphatic rings. The minimum atomic E-state index is -4.85. The monoisotopic (exact) mass is 986 g/mol. The Bertz CT molecular complexity index is 2850. The quantitative estimate of drug-likeness (QED) is 0.0732. The molecule has 2 saturated carbocycles. The van der Waals surface area contributed by atoms with Crippen LogP contribution in [0.25, 0.3) is 43.8 Å². The highest BCUT2D eigenvalue weighted by atomic mass is 19.4. The Kier molecular flexibility index (Phi) is 17.7. The minimum Gasteiger partial charge on any atom is -0.352 e. The van der Waals surface area contributed by atoms with Crippen LogP contribution in [-0.2, 0) is 9.47 Å². The van der Waals surface area contributed by atoms with Crippen molar-refractivity contribution >= 4 is 21.5 Å². The molecule has 0 heterocycles. The van der Waals surface area contributed by atoms with E-state index in [1.807, 2.05) is 0 Å². The van der Waals surface area contributed by atoms with Gasteiger partial charge < -0.3 is 9.47 Å². The lowest BCUT2D eigenvalue weighted by molar-refractivity contribution is -0.292. The maximum atomic E-state index is 15.2. The van der Waals surface area contributed by atoms with Gasteiger partial charge in [-0.3, -0.25) is 0 Å². The van der Waals surface area contributed by atoms with E-state index in [0.717, 1.165) is 51.4 Å². The van der Waals surface area contributed by atoms with Gasteiger partial charge >= 0.3 is 12.7 Å². The van der Waals surface area contributed by atoms with Crippen LogP contribution in [0.4, 0.5) is 43.9 Å². The van der Waals surface area contributed by atoms with Gasteiger partial charge in [0.2, 0.25) is 0 Å². The van der Waals surface area contributed by atoms with Gasteiger partial charge in [-0.25, -0.2) is 17.6 Å². The topological polar surface area (TPSA) is 18.5 Å². The van der Waals surface area contributed by atoms with Crippen LogP contribution in [0.15, 0.2) is 97.1 Å². The standard InChI is InChI=1S/C30H29F5O.C29H27F5O/c1-2-3-4-6-20-9-11-21(12-10-20)25-18-27(31)29(28(32)19-25)24-13-14-26-22(7-5-8-23(26)17-24)15-16-36-30(33,34)35;1-2-3-5-19-8-10-20(11-9-19)24-17-26(30)28(27(31)18-24)23-12-13-25-21(6-4-7-22(25)16-23)14-15-35-29(32,33)34/h5,7-8,13-14,17-21H,2-4,6,9-12H2,1H3;4,6-7,12-13,16-20H,2-3,5,8-11H2,1H3. The summed E-state index contributed by atoms with van der Waals surface area (Å²) in [6.07, 6.45) is 10.4. The van der Waals surface area contributed by atoms with Crippen LogP contribution >= 0.6 is 0 Å². The summed E-state index contributed by atoms with van der Waals surface area (Å²) in [5.41, 5.74) is 2.58. The summed E-state index contributed by atoms with van der Waals surface area (Å²) in [6, 6.07) is 25.2. The zero-order valence-electron chi connectivity index (χ0n) is 39.7. The predicted molar refractivity (Wildman–Crippen MR) is 260 cm³/mol.